The van der Waals surface area contributed by atoms with Gasteiger partial charge in [0.1, 0.15) is 11.2 Å². The molecule has 5 rings (SSSR count). The smallest absolute Gasteiger partial charge is 0.243 e. The molecule has 0 radical (unpaired) electrons. The summed E-state index contributed by atoms with van der Waals surface area (Å²) < 4.78 is 0. The Morgan fingerprint density at radius 3 is 2.81 bits per heavy atom. The highest BCUT2D eigenvalue weighted by Crippen LogP contribution is 2.51. The van der Waals surface area contributed by atoms with Crippen LogP contribution in [0.5, 0.6) is 0 Å². The van der Waals surface area contributed by atoms with Crippen LogP contribution in [0.15, 0.2) is 54.7 Å². The molecule has 0 aliphatic carbocycles. The van der Waals surface area contributed by atoms with Gasteiger partial charge in [0, 0.05) is 22.7 Å². The van der Waals surface area contributed by atoms with Crippen LogP contribution in [-0.4, -0.2) is 22.0 Å². The van der Waals surface area contributed by atoms with Crippen molar-refractivity contribution in [1.82, 2.24) is 10.2 Å². The molecule has 0 saturated carbocycles. The van der Waals surface area contributed by atoms with E-state index in [1.165, 1.54) is 0 Å². The predicted molar refractivity (Wildman–Crippen MR) is 102 cm³/mol. The molecule has 1 atom stereocenters. The highest BCUT2D eigenvalue weighted by Gasteiger charge is 2.56. The highest BCUT2D eigenvalue weighted by atomic mass is 35.5. The molecule has 2 aromatic carbocycles. The van der Waals surface area contributed by atoms with Crippen molar-refractivity contribution >= 4 is 34.9 Å². The van der Waals surface area contributed by atoms with Crippen LogP contribution in [0.2, 0.25) is 5.02 Å². The molecule has 2 amide bonds. The van der Waals surface area contributed by atoms with Crippen molar-refractivity contribution in [1.29, 1.82) is 0 Å². The molecule has 0 saturated heterocycles. The first kappa shape index (κ1) is 16.1. The summed E-state index contributed by atoms with van der Waals surface area (Å²) in [5.41, 5.74) is 2.21. The van der Waals surface area contributed by atoms with E-state index < -0.39 is 5.41 Å². The fraction of sp³-hybridized carbons (Fsp3) is 0.150. The lowest BCUT2D eigenvalue weighted by molar-refractivity contribution is -0.126. The Morgan fingerprint density at radius 1 is 1.11 bits per heavy atom. The van der Waals surface area contributed by atoms with Crippen molar-refractivity contribution < 1.29 is 9.59 Å². The normalized spacial score (nSPS) is 20.6. The topological polar surface area (TPSA) is 78.1 Å². The van der Waals surface area contributed by atoms with Crippen LogP contribution in [0, 0.1) is 0 Å². The lowest BCUT2D eigenvalue weighted by atomic mass is 9.72. The number of fused-ring (bicyclic) bond motifs is 4. The average molecular weight is 379 g/mol. The summed E-state index contributed by atoms with van der Waals surface area (Å²) in [5.74, 6) is 0.152. The third kappa shape index (κ3) is 2.23. The quantitative estimate of drug-likeness (QED) is 0.718. The van der Waals surface area contributed by atoms with Crippen LogP contribution in [0.4, 0.5) is 11.5 Å². The van der Waals surface area contributed by atoms with Gasteiger partial charge in [-0.25, -0.2) is 0 Å². The van der Waals surface area contributed by atoms with Crippen molar-refractivity contribution in [3.8, 4) is 0 Å². The van der Waals surface area contributed by atoms with Gasteiger partial charge in [-0.3, -0.25) is 14.7 Å². The number of benzene rings is 2. The number of nitrogens with one attached hydrogen (secondary N) is 2. The molecule has 7 heteroatoms. The number of anilines is 2. The molecule has 3 heterocycles. The van der Waals surface area contributed by atoms with Crippen molar-refractivity contribution in [2.75, 3.05) is 10.2 Å². The Labute approximate surface area is 160 Å². The minimum atomic E-state index is -1.06. The van der Waals surface area contributed by atoms with E-state index in [2.05, 4.69) is 15.5 Å². The van der Waals surface area contributed by atoms with Crippen molar-refractivity contribution in [3.05, 3.63) is 76.4 Å². The zero-order valence-corrected chi connectivity index (χ0v) is 15.0. The van der Waals surface area contributed by atoms with Gasteiger partial charge in [-0.2, -0.15) is 5.10 Å². The van der Waals surface area contributed by atoms with Crippen molar-refractivity contribution in [2.24, 2.45) is 0 Å². The molecule has 0 bridgehead atoms. The van der Waals surface area contributed by atoms with E-state index in [9.17, 15) is 9.59 Å². The Morgan fingerprint density at radius 2 is 1.96 bits per heavy atom. The minimum absolute atomic E-state index is 0.0570. The van der Waals surface area contributed by atoms with Crippen molar-refractivity contribution in [2.45, 2.75) is 18.4 Å². The van der Waals surface area contributed by atoms with Gasteiger partial charge in [-0.15, -0.1) is 0 Å². The molecule has 1 spiro atoms. The van der Waals surface area contributed by atoms with Gasteiger partial charge < -0.3 is 10.2 Å². The van der Waals surface area contributed by atoms with E-state index in [-0.39, 0.29) is 18.2 Å². The van der Waals surface area contributed by atoms with Crippen LogP contribution in [0.25, 0.3) is 0 Å². The van der Waals surface area contributed by atoms with Gasteiger partial charge in [-0.1, -0.05) is 41.9 Å². The molecule has 3 aromatic rings. The molecular formula is C20H15ClN4O2. The molecule has 2 aliphatic rings. The van der Waals surface area contributed by atoms with E-state index in [4.69, 9.17) is 11.6 Å². The second kappa shape index (κ2) is 5.69. The van der Waals surface area contributed by atoms with E-state index in [0.717, 1.165) is 16.8 Å². The van der Waals surface area contributed by atoms with E-state index in [0.29, 0.717) is 22.9 Å². The van der Waals surface area contributed by atoms with Gasteiger partial charge in [0.25, 0.3) is 0 Å². The highest BCUT2D eigenvalue weighted by molar-refractivity contribution is 6.30. The number of amides is 2. The van der Waals surface area contributed by atoms with Crippen LogP contribution in [0.3, 0.4) is 0 Å². The largest absolute Gasteiger partial charge is 0.311 e. The fourth-order valence-corrected chi connectivity index (χ4v) is 4.37. The Bertz CT molecular complexity index is 1090. The molecule has 134 valence electrons. The van der Waals surface area contributed by atoms with Gasteiger partial charge in [0.05, 0.1) is 12.7 Å². The summed E-state index contributed by atoms with van der Waals surface area (Å²) in [7, 11) is 0. The van der Waals surface area contributed by atoms with Gasteiger partial charge in [-0.05, 0) is 29.3 Å². The molecule has 2 N–H and O–H groups in total. The number of H-pyrrole nitrogens is 1. The molecule has 27 heavy (non-hydrogen) atoms. The maximum Gasteiger partial charge on any atom is 0.243 e. The van der Waals surface area contributed by atoms with E-state index >= 15 is 0 Å². The lowest BCUT2D eigenvalue weighted by Crippen LogP contribution is -2.46. The summed E-state index contributed by atoms with van der Waals surface area (Å²) in [6.45, 7) is 0.382. The summed E-state index contributed by atoms with van der Waals surface area (Å²) in [5, 5.41) is 10.2. The SMILES string of the molecule is O=C1C[C@]2(C(=O)N(Cc3cccc(Cl)c3)c3ccccc32)c2cn[nH]c2N1. The molecule has 0 unspecified atom stereocenters. The predicted octanol–water partition coefficient (Wildman–Crippen LogP) is 3.24. The Hall–Kier alpha value is -3.12. The van der Waals surface area contributed by atoms with Gasteiger partial charge in [0.15, 0.2) is 0 Å². The third-order valence-corrected chi connectivity index (χ3v) is 5.52. The number of aromatic nitrogens is 2. The number of halogens is 1. The lowest BCUT2D eigenvalue weighted by Gasteiger charge is -2.31. The van der Waals surface area contributed by atoms with Crippen LogP contribution in [0.1, 0.15) is 23.1 Å². The first-order chi connectivity index (χ1) is 13.1. The van der Waals surface area contributed by atoms with Gasteiger partial charge in [0.2, 0.25) is 11.8 Å². The van der Waals surface area contributed by atoms with Crippen LogP contribution >= 0.6 is 11.6 Å². The number of aromatic amines is 1. The van der Waals surface area contributed by atoms with E-state index in [1.807, 2.05) is 42.5 Å². The zero-order valence-electron chi connectivity index (χ0n) is 14.2. The number of hydrogen-bond acceptors (Lipinski definition) is 3. The molecule has 0 fully saturated rings. The maximum atomic E-state index is 13.7. The molecule has 6 nitrogen and oxygen atoms in total. The van der Waals surface area contributed by atoms with Gasteiger partial charge >= 0.3 is 0 Å². The molecular weight excluding hydrogens is 364 g/mol. The van der Waals surface area contributed by atoms with Crippen molar-refractivity contribution in [3.63, 3.8) is 0 Å². The maximum absolute atomic E-state index is 13.7. The first-order valence-corrected chi connectivity index (χ1v) is 8.97. The van der Waals surface area contributed by atoms with Crippen LogP contribution < -0.4 is 10.2 Å². The summed E-state index contributed by atoms with van der Waals surface area (Å²) in [4.78, 5) is 27.8. The number of para-hydroxylation sites is 1. The van der Waals surface area contributed by atoms with Crippen LogP contribution in [-0.2, 0) is 21.5 Å². The average Bonchev–Trinajstić information content (AvgIpc) is 3.21. The number of nitrogens with zero attached hydrogens (tertiary/aromatic N) is 2. The summed E-state index contributed by atoms with van der Waals surface area (Å²) in [6.07, 6.45) is 1.69. The number of carbonyl (C=O) groups is 2. The molecule has 1 aromatic heterocycles. The second-order valence-corrected chi connectivity index (χ2v) is 7.26. The summed E-state index contributed by atoms with van der Waals surface area (Å²) >= 11 is 6.11. The second-order valence-electron chi connectivity index (χ2n) is 6.83. The monoisotopic (exact) mass is 378 g/mol. The summed E-state index contributed by atoms with van der Waals surface area (Å²) in [6, 6.07) is 15.1. The standard InChI is InChI=1S/C20H15ClN4O2/c21-13-5-3-4-12(8-13)11-25-16-7-2-1-6-14(16)20(19(25)27)9-17(26)23-18-15(20)10-22-24-18/h1-8,10H,9,11H2,(H2,22,23,24,26)/t20-/m1/s1. The first-order valence-electron chi connectivity index (χ1n) is 8.59. The van der Waals surface area contributed by atoms with E-state index in [1.54, 1.807) is 17.2 Å². The minimum Gasteiger partial charge on any atom is -0.311 e. The fourth-order valence-electron chi connectivity index (χ4n) is 4.16. The molecule has 2 aliphatic heterocycles. The number of hydrogen-bond donors (Lipinski definition) is 2. The zero-order chi connectivity index (χ0) is 18.6. The number of carbonyl (C=O) groups excluding carboxylic acids is 2. The third-order valence-electron chi connectivity index (χ3n) is 5.28. The number of rotatable bonds is 2. The Balaban J connectivity index is 1.68. The Kier molecular flexibility index (Phi) is 3.39.